The highest BCUT2D eigenvalue weighted by atomic mass is 16.5. The monoisotopic (exact) mass is 763 g/mol. The number of methoxy groups -OCH3 is 2. The van der Waals surface area contributed by atoms with Gasteiger partial charge in [0.1, 0.15) is 0 Å². The number of fused-ring (bicyclic) bond motifs is 2. The van der Waals surface area contributed by atoms with Gasteiger partial charge in [-0.05, 0) is 93.0 Å². The summed E-state index contributed by atoms with van der Waals surface area (Å²) < 4.78 is 23.1. The van der Waals surface area contributed by atoms with Gasteiger partial charge in [-0.2, -0.15) is 0 Å². The molecule has 0 unspecified atom stereocenters. The molecule has 2 aliphatic rings. The zero-order valence-electron chi connectivity index (χ0n) is 34.2. The molecule has 0 aliphatic carbocycles. The molecule has 0 radical (unpaired) electrons. The van der Waals surface area contributed by atoms with E-state index in [4.69, 9.17) is 24.7 Å². The number of hydrogen-bond acceptors (Lipinski definition) is 7. The van der Waals surface area contributed by atoms with Crippen molar-refractivity contribution in [1.82, 2.24) is 9.80 Å². The number of unbranched alkanes of at least 4 members (excludes halogenated alkanes) is 4. The average molecular weight is 764 g/mol. The van der Waals surface area contributed by atoms with Gasteiger partial charge in [-0.25, -0.2) is 0 Å². The number of nitrogens with two attached hydrogens (primary N) is 1. The summed E-state index contributed by atoms with van der Waals surface area (Å²) in [5.74, 6) is 3.08. The minimum atomic E-state index is 0.0674. The minimum absolute atomic E-state index is 0.0674. The number of hydrogen-bond donors (Lipinski definition) is 1. The van der Waals surface area contributed by atoms with Crippen molar-refractivity contribution in [3.63, 3.8) is 0 Å². The number of nitrogen functional groups attached to an aromatic ring is 1. The first-order valence-corrected chi connectivity index (χ1v) is 20.4. The Morgan fingerprint density at radius 1 is 0.589 bits per heavy atom. The predicted octanol–water partition coefficient (Wildman–Crippen LogP) is 8.90. The molecule has 2 heterocycles. The summed E-state index contributed by atoms with van der Waals surface area (Å²) in [5.41, 5.74) is 13.7. The molecule has 9 nitrogen and oxygen atoms in total. The summed E-state index contributed by atoms with van der Waals surface area (Å²) in [6.45, 7) is 10.6. The standard InChI is InChI=1S/C24H31NO3.C23H30N2O3/c1-4-5-6-17-28-23-20-14-16-25(15-13-19-9-7-18(2)8-10-19)24(26)21(20)11-12-22(23)27-3;1-3-4-5-16-28-22-19-13-15-25(14-12-17-6-8-18(24)9-7-17)23(26)20(19)10-11-21(22)27-2/h7-12H,4-6,13-17H2,1-3H3;6-11H,3-5,12-16,24H2,1-2H3. The van der Waals surface area contributed by atoms with Gasteiger partial charge in [0, 0.05) is 54.1 Å². The number of carbonyl (C=O) groups is 2. The van der Waals surface area contributed by atoms with Crippen molar-refractivity contribution < 1.29 is 28.5 Å². The molecule has 2 aliphatic heterocycles. The molecule has 0 spiro atoms. The van der Waals surface area contributed by atoms with Crippen LogP contribution in [0.2, 0.25) is 0 Å². The minimum Gasteiger partial charge on any atom is -0.493 e. The Hall–Kier alpha value is -5.18. The van der Waals surface area contributed by atoms with Crippen molar-refractivity contribution in [3.05, 3.63) is 112 Å². The lowest BCUT2D eigenvalue weighted by Crippen LogP contribution is -2.39. The lowest BCUT2D eigenvalue weighted by Gasteiger charge is -2.30. The summed E-state index contributed by atoms with van der Waals surface area (Å²) in [6.07, 6.45) is 9.87. The van der Waals surface area contributed by atoms with Gasteiger partial charge in [0.25, 0.3) is 11.8 Å². The summed E-state index contributed by atoms with van der Waals surface area (Å²) in [6, 6.07) is 23.8. The number of nitrogens with zero attached hydrogens (tertiary/aromatic N) is 2. The van der Waals surface area contributed by atoms with E-state index in [-0.39, 0.29) is 11.8 Å². The fourth-order valence-electron chi connectivity index (χ4n) is 7.23. The summed E-state index contributed by atoms with van der Waals surface area (Å²) in [5, 5.41) is 0. The first kappa shape index (κ1) is 42.0. The van der Waals surface area contributed by atoms with Crippen LogP contribution >= 0.6 is 0 Å². The van der Waals surface area contributed by atoms with E-state index in [9.17, 15) is 9.59 Å². The quantitative estimate of drug-likeness (QED) is 0.0798. The zero-order valence-corrected chi connectivity index (χ0v) is 34.2. The van der Waals surface area contributed by atoms with E-state index in [1.165, 1.54) is 16.7 Å². The maximum atomic E-state index is 13.0. The predicted molar refractivity (Wildman–Crippen MR) is 225 cm³/mol. The topological polar surface area (TPSA) is 104 Å². The number of carbonyl (C=O) groups excluding carboxylic acids is 2. The molecule has 300 valence electrons. The molecule has 0 atom stereocenters. The number of rotatable bonds is 18. The Kier molecular flexibility index (Phi) is 15.9. The average Bonchev–Trinajstić information content (AvgIpc) is 3.22. The van der Waals surface area contributed by atoms with Crippen LogP contribution < -0.4 is 24.7 Å². The van der Waals surface area contributed by atoms with Crippen molar-refractivity contribution in [2.45, 2.75) is 85.0 Å². The highest BCUT2D eigenvalue weighted by Crippen LogP contribution is 2.38. The zero-order chi connectivity index (χ0) is 39.9. The third-order valence-electron chi connectivity index (χ3n) is 10.6. The Morgan fingerprint density at radius 3 is 1.43 bits per heavy atom. The van der Waals surface area contributed by atoms with E-state index < -0.39 is 0 Å². The molecule has 4 aromatic carbocycles. The van der Waals surface area contributed by atoms with E-state index in [2.05, 4.69) is 45.0 Å². The van der Waals surface area contributed by atoms with E-state index in [1.54, 1.807) is 14.2 Å². The van der Waals surface area contributed by atoms with Crippen LogP contribution in [-0.2, 0) is 25.7 Å². The second-order valence-electron chi connectivity index (χ2n) is 14.7. The number of benzene rings is 4. The van der Waals surface area contributed by atoms with Crippen LogP contribution in [0.1, 0.15) is 101 Å². The summed E-state index contributed by atoms with van der Waals surface area (Å²) >= 11 is 0. The third kappa shape index (κ3) is 11.0. The van der Waals surface area contributed by atoms with Gasteiger partial charge >= 0.3 is 0 Å². The van der Waals surface area contributed by atoms with Crippen molar-refractivity contribution >= 4 is 17.5 Å². The normalized spacial score (nSPS) is 13.4. The first-order valence-electron chi connectivity index (χ1n) is 20.4. The van der Waals surface area contributed by atoms with Crippen LogP contribution in [0.5, 0.6) is 23.0 Å². The summed E-state index contributed by atoms with van der Waals surface area (Å²) in [7, 11) is 3.29. The molecule has 0 bridgehead atoms. The van der Waals surface area contributed by atoms with Crippen LogP contribution in [0.15, 0.2) is 72.8 Å². The molecule has 0 saturated heterocycles. The maximum absolute atomic E-state index is 13.0. The van der Waals surface area contributed by atoms with Crippen molar-refractivity contribution in [3.8, 4) is 23.0 Å². The molecule has 6 rings (SSSR count). The largest absolute Gasteiger partial charge is 0.493 e. The van der Waals surface area contributed by atoms with Crippen LogP contribution in [0.4, 0.5) is 5.69 Å². The number of aryl methyl sites for hydroxylation is 1. The Balaban J connectivity index is 0.000000214. The second-order valence-corrected chi connectivity index (χ2v) is 14.7. The summed E-state index contributed by atoms with van der Waals surface area (Å²) in [4.78, 5) is 30.0. The van der Waals surface area contributed by atoms with Crippen LogP contribution in [-0.4, -0.2) is 75.2 Å². The van der Waals surface area contributed by atoms with Crippen molar-refractivity contribution in [1.29, 1.82) is 0 Å². The molecule has 0 fully saturated rings. The highest BCUT2D eigenvalue weighted by Gasteiger charge is 2.30. The van der Waals surface area contributed by atoms with Gasteiger partial charge in [0.2, 0.25) is 0 Å². The van der Waals surface area contributed by atoms with Crippen molar-refractivity contribution in [2.24, 2.45) is 0 Å². The molecule has 2 N–H and O–H groups in total. The molecular formula is C47H61N3O6. The van der Waals surface area contributed by atoms with Gasteiger partial charge in [-0.1, -0.05) is 81.5 Å². The van der Waals surface area contributed by atoms with Crippen molar-refractivity contribution in [2.75, 3.05) is 59.3 Å². The molecule has 0 aromatic heterocycles. The van der Waals surface area contributed by atoms with E-state index in [1.807, 2.05) is 58.3 Å². The smallest absolute Gasteiger partial charge is 0.254 e. The molecule has 9 heteroatoms. The number of amides is 2. The fourth-order valence-corrected chi connectivity index (χ4v) is 7.23. The van der Waals surface area contributed by atoms with Gasteiger partial charge in [0.15, 0.2) is 23.0 Å². The molecule has 56 heavy (non-hydrogen) atoms. The number of anilines is 1. The number of ether oxygens (including phenoxy) is 4. The lowest BCUT2D eigenvalue weighted by molar-refractivity contribution is 0.0732. The second kappa shape index (κ2) is 21.2. The van der Waals surface area contributed by atoms with Gasteiger partial charge in [-0.3, -0.25) is 9.59 Å². The molecule has 4 aromatic rings. The SMILES string of the molecule is CCCCCOc1c(OC)ccc2c1CCN(CCc1ccc(C)cc1)C2=O.CCCCCOc1c(OC)ccc2c1CCN(CCc1ccc(N)cc1)C2=O. The fraction of sp³-hybridized carbons (Fsp3) is 0.447. The van der Waals surface area contributed by atoms with Gasteiger partial charge in [-0.15, -0.1) is 0 Å². The Labute approximate surface area is 334 Å². The van der Waals surface area contributed by atoms with E-state index in [0.29, 0.717) is 32.1 Å². The van der Waals surface area contributed by atoms with Gasteiger partial charge < -0.3 is 34.5 Å². The Morgan fingerprint density at radius 2 is 1.02 bits per heavy atom. The lowest BCUT2D eigenvalue weighted by atomic mass is 9.96. The van der Waals surface area contributed by atoms with Crippen LogP contribution in [0.3, 0.4) is 0 Å². The molecule has 2 amide bonds. The maximum Gasteiger partial charge on any atom is 0.254 e. The molecular weight excluding hydrogens is 703 g/mol. The highest BCUT2D eigenvalue weighted by molar-refractivity contribution is 5.98. The van der Waals surface area contributed by atoms with Gasteiger partial charge in [0.05, 0.1) is 27.4 Å². The first-order chi connectivity index (χ1) is 27.3. The van der Waals surface area contributed by atoms with Crippen LogP contribution in [0, 0.1) is 6.92 Å². The van der Waals surface area contributed by atoms with E-state index in [0.717, 1.165) is 122 Å². The van der Waals surface area contributed by atoms with E-state index >= 15 is 0 Å². The third-order valence-corrected chi connectivity index (χ3v) is 10.6. The molecule has 0 saturated carbocycles. The Bertz CT molecular complexity index is 1740. The van der Waals surface area contributed by atoms with Crippen LogP contribution in [0.25, 0.3) is 0 Å².